The Kier molecular flexibility index (Phi) is 1.62. The van der Waals surface area contributed by atoms with E-state index in [0.717, 1.165) is 21.8 Å². The van der Waals surface area contributed by atoms with Crippen LogP contribution in [0.4, 0.5) is 0 Å². The average molecular weight is 199 g/mol. The Hall–Kier alpha value is -2.10. The van der Waals surface area contributed by atoms with Gasteiger partial charge in [0.2, 0.25) is 5.88 Å². The molecule has 0 aliphatic rings. The Bertz CT molecular complexity index is 630. The topological polar surface area (TPSA) is 50.8 Å². The van der Waals surface area contributed by atoms with Gasteiger partial charge >= 0.3 is 0 Å². The molecule has 1 aromatic carbocycles. The van der Waals surface area contributed by atoms with E-state index < -0.39 is 0 Å². The fourth-order valence-corrected chi connectivity index (χ4v) is 1.77. The summed E-state index contributed by atoms with van der Waals surface area (Å²) in [4.78, 5) is 4.28. The lowest BCUT2D eigenvalue weighted by Crippen LogP contribution is -1.83. The first-order chi connectivity index (χ1) is 7.40. The first kappa shape index (κ1) is 8.23. The molecule has 0 bridgehead atoms. The van der Waals surface area contributed by atoms with Crippen LogP contribution in [0.1, 0.15) is 0 Å². The van der Waals surface area contributed by atoms with Crippen molar-refractivity contribution in [1.29, 1.82) is 0 Å². The van der Waals surface area contributed by atoms with Gasteiger partial charge in [-0.25, -0.2) is 4.98 Å². The second-order valence-corrected chi connectivity index (χ2v) is 3.30. The lowest BCUT2D eigenvalue weighted by molar-refractivity contribution is 0.401. The van der Waals surface area contributed by atoms with E-state index in [2.05, 4.69) is 15.2 Å². The molecule has 15 heavy (non-hydrogen) atoms. The molecule has 0 saturated heterocycles. The van der Waals surface area contributed by atoms with Gasteiger partial charge in [0.05, 0.1) is 12.5 Å². The van der Waals surface area contributed by atoms with Crippen molar-refractivity contribution in [2.75, 3.05) is 7.11 Å². The molecule has 0 atom stereocenters. The van der Waals surface area contributed by atoms with Crippen molar-refractivity contribution in [3.63, 3.8) is 0 Å². The zero-order valence-corrected chi connectivity index (χ0v) is 8.19. The summed E-state index contributed by atoms with van der Waals surface area (Å²) in [6.45, 7) is 0. The van der Waals surface area contributed by atoms with Crippen molar-refractivity contribution in [3.8, 4) is 5.88 Å². The molecule has 0 spiro atoms. The summed E-state index contributed by atoms with van der Waals surface area (Å²) in [6.07, 6.45) is 1.83. The zero-order chi connectivity index (χ0) is 10.3. The van der Waals surface area contributed by atoms with Gasteiger partial charge in [0.1, 0.15) is 0 Å². The maximum atomic E-state index is 5.19. The Morgan fingerprint density at radius 2 is 2.13 bits per heavy atom. The van der Waals surface area contributed by atoms with Crippen LogP contribution in [0, 0.1) is 0 Å². The van der Waals surface area contributed by atoms with Gasteiger partial charge in [-0.1, -0.05) is 24.3 Å². The smallest absolute Gasteiger partial charge is 0.242 e. The number of aromatic nitrogens is 3. The highest BCUT2D eigenvalue weighted by atomic mass is 16.5. The molecular weight excluding hydrogens is 190 g/mol. The van der Waals surface area contributed by atoms with E-state index in [1.165, 1.54) is 0 Å². The third-order valence-corrected chi connectivity index (χ3v) is 2.47. The summed E-state index contributed by atoms with van der Waals surface area (Å²) in [7, 11) is 1.61. The molecule has 3 aromatic rings. The largest absolute Gasteiger partial charge is 0.479 e. The van der Waals surface area contributed by atoms with Crippen LogP contribution in [0.5, 0.6) is 5.88 Å². The molecule has 0 saturated carbocycles. The van der Waals surface area contributed by atoms with Gasteiger partial charge in [0.25, 0.3) is 0 Å². The quantitative estimate of drug-likeness (QED) is 0.653. The van der Waals surface area contributed by atoms with Gasteiger partial charge in [0, 0.05) is 11.6 Å². The molecule has 74 valence electrons. The number of rotatable bonds is 1. The number of nitrogens with zero attached hydrogens (tertiary/aromatic N) is 2. The summed E-state index contributed by atoms with van der Waals surface area (Å²) in [5.41, 5.74) is 0.755. The molecule has 0 radical (unpaired) electrons. The lowest BCUT2D eigenvalue weighted by Gasteiger charge is -1.99. The number of fused-ring (bicyclic) bond motifs is 3. The number of nitrogens with one attached hydrogen (secondary N) is 1. The number of methoxy groups -OCH3 is 1. The maximum absolute atomic E-state index is 5.19. The average Bonchev–Trinajstić information content (AvgIpc) is 2.72. The lowest BCUT2D eigenvalue weighted by atomic mass is 10.1. The van der Waals surface area contributed by atoms with E-state index in [4.69, 9.17) is 4.74 Å². The molecule has 0 amide bonds. The third kappa shape index (κ3) is 1.08. The molecule has 1 N–H and O–H groups in total. The Morgan fingerprint density at radius 3 is 3.00 bits per heavy atom. The highest BCUT2D eigenvalue weighted by Gasteiger charge is 2.09. The number of hydrogen-bond donors (Lipinski definition) is 1. The molecular formula is C11H9N3O. The minimum absolute atomic E-state index is 0.592. The molecule has 4 heteroatoms. The van der Waals surface area contributed by atoms with E-state index in [0.29, 0.717) is 5.88 Å². The van der Waals surface area contributed by atoms with Gasteiger partial charge in [0.15, 0.2) is 5.65 Å². The van der Waals surface area contributed by atoms with Crippen molar-refractivity contribution in [2.45, 2.75) is 0 Å². The molecule has 0 aliphatic carbocycles. The van der Waals surface area contributed by atoms with Crippen molar-refractivity contribution in [2.24, 2.45) is 0 Å². The van der Waals surface area contributed by atoms with Crippen LogP contribution < -0.4 is 4.74 Å². The molecule has 0 fully saturated rings. The second-order valence-electron chi connectivity index (χ2n) is 3.30. The Balaban J connectivity index is 2.56. The van der Waals surface area contributed by atoms with Gasteiger partial charge < -0.3 is 4.74 Å². The van der Waals surface area contributed by atoms with Crippen molar-refractivity contribution in [3.05, 3.63) is 30.5 Å². The molecule has 4 nitrogen and oxygen atoms in total. The van der Waals surface area contributed by atoms with Crippen LogP contribution in [0.2, 0.25) is 0 Å². The minimum Gasteiger partial charge on any atom is -0.479 e. The molecule has 3 rings (SSSR count). The zero-order valence-electron chi connectivity index (χ0n) is 8.19. The number of H-pyrrole nitrogens is 1. The van der Waals surface area contributed by atoms with E-state index in [1.807, 2.05) is 30.5 Å². The van der Waals surface area contributed by atoms with Crippen LogP contribution in [-0.2, 0) is 0 Å². The van der Waals surface area contributed by atoms with Crippen molar-refractivity contribution < 1.29 is 4.74 Å². The first-order valence-corrected chi connectivity index (χ1v) is 4.66. The summed E-state index contributed by atoms with van der Waals surface area (Å²) in [5.74, 6) is 0.592. The summed E-state index contributed by atoms with van der Waals surface area (Å²) < 4.78 is 5.19. The van der Waals surface area contributed by atoms with Crippen LogP contribution in [-0.4, -0.2) is 22.3 Å². The Morgan fingerprint density at radius 1 is 1.27 bits per heavy atom. The van der Waals surface area contributed by atoms with Crippen LogP contribution in [0.3, 0.4) is 0 Å². The molecule has 0 unspecified atom stereocenters. The number of benzene rings is 1. The van der Waals surface area contributed by atoms with E-state index in [-0.39, 0.29) is 0 Å². The Labute approximate surface area is 85.9 Å². The number of ether oxygens (including phenoxy) is 1. The summed E-state index contributed by atoms with van der Waals surface area (Å²) >= 11 is 0. The standard InChI is InChI=1S/C11H9N3O/c1-15-11-9-8-5-3-2-4-7(8)6-12-10(9)13-14-11/h2-6H,1H3,(H,12,13,14). The SMILES string of the molecule is COc1n[nH]c2ncc3ccccc3c12. The summed E-state index contributed by atoms with van der Waals surface area (Å²) in [5, 5.41) is 10.0. The summed E-state index contributed by atoms with van der Waals surface area (Å²) in [6, 6.07) is 8.04. The van der Waals surface area contributed by atoms with Crippen molar-refractivity contribution >= 4 is 21.8 Å². The van der Waals surface area contributed by atoms with E-state index >= 15 is 0 Å². The van der Waals surface area contributed by atoms with Gasteiger partial charge in [-0.2, -0.15) is 0 Å². The monoisotopic (exact) mass is 199 g/mol. The molecule has 2 aromatic heterocycles. The minimum atomic E-state index is 0.592. The highest BCUT2D eigenvalue weighted by molar-refractivity contribution is 6.06. The first-order valence-electron chi connectivity index (χ1n) is 4.66. The number of aromatic amines is 1. The van der Waals surface area contributed by atoms with Crippen LogP contribution in [0.15, 0.2) is 30.5 Å². The maximum Gasteiger partial charge on any atom is 0.242 e. The van der Waals surface area contributed by atoms with Gasteiger partial charge in [-0.3, -0.25) is 5.10 Å². The molecule has 2 heterocycles. The molecule has 0 aliphatic heterocycles. The van der Waals surface area contributed by atoms with Crippen LogP contribution in [0.25, 0.3) is 21.8 Å². The third-order valence-electron chi connectivity index (χ3n) is 2.47. The van der Waals surface area contributed by atoms with Gasteiger partial charge in [-0.15, -0.1) is 5.10 Å². The number of hydrogen-bond acceptors (Lipinski definition) is 3. The predicted octanol–water partition coefficient (Wildman–Crippen LogP) is 2.12. The van der Waals surface area contributed by atoms with Crippen molar-refractivity contribution in [1.82, 2.24) is 15.2 Å². The fraction of sp³-hybridized carbons (Fsp3) is 0.0909. The van der Waals surface area contributed by atoms with Crippen LogP contribution >= 0.6 is 0 Å². The van der Waals surface area contributed by atoms with Gasteiger partial charge in [-0.05, 0) is 5.39 Å². The number of pyridine rings is 1. The van der Waals surface area contributed by atoms with E-state index in [9.17, 15) is 0 Å². The van der Waals surface area contributed by atoms with E-state index in [1.54, 1.807) is 7.11 Å². The second kappa shape index (κ2) is 2.95. The fourth-order valence-electron chi connectivity index (χ4n) is 1.77. The normalized spacial score (nSPS) is 11.0. The highest BCUT2D eigenvalue weighted by Crippen LogP contribution is 2.28. The predicted molar refractivity (Wildman–Crippen MR) is 57.9 cm³/mol.